The van der Waals surface area contributed by atoms with Crippen LogP contribution >= 0.6 is 11.6 Å². The quantitative estimate of drug-likeness (QED) is 0.555. The minimum absolute atomic E-state index is 0.0264. The minimum atomic E-state index is -0.881. The van der Waals surface area contributed by atoms with Gasteiger partial charge in [-0.3, -0.25) is 9.59 Å². The smallest absolute Gasteiger partial charge is 0.310 e. The van der Waals surface area contributed by atoms with Gasteiger partial charge in [0, 0.05) is 10.6 Å². The van der Waals surface area contributed by atoms with Gasteiger partial charge in [-0.2, -0.15) is 0 Å². The first-order valence-corrected chi connectivity index (χ1v) is 8.02. The fourth-order valence-electron chi connectivity index (χ4n) is 2.30. The molecule has 0 saturated carbocycles. The summed E-state index contributed by atoms with van der Waals surface area (Å²) in [4.78, 5) is 24.4. The van der Waals surface area contributed by atoms with E-state index in [-0.39, 0.29) is 12.2 Å². The van der Waals surface area contributed by atoms with Crippen molar-refractivity contribution in [2.75, 3.05) is 14.2 Å². The Bertz CT molecular complexity index is 755. The molecule has 0 aliphatic carbocycles. The second-order valence-electron chi connectivity index (χ2n) is 5.37. The topological polar surface area (TPSA) is 61.8 Å². The van der Waals surface area contributed by atoms with Crippen molar-refractivity contribution in [3.05, 3.63) is 58.6 Å². The first kappa shape index (κ1) is 18.8. The number of hydrogen-bond acceptors (Lipinski definition) is 5. The van der Waals surface area contributed by atoms with Gasteiger partial charge >= 0.3 is 5.97 Å². The maximum absolute atomic E-state index is 12.3. The number of ketones is 1. The van der Waals surface area contributed by atoms with E-state index in [9.17, 15) is 9.59 Å². The third-order valence-electron chi connectivity index (χ3n) is 3.60. The summed E-state index contributed by atoms with van der Waals surface area (Å²) in [6.07, 6.45) is -0.854. The molecule has 0 aliphatic heterocycles. The number of halogens is 1. The number of esters is 1. The summed E-state index contributed by atoms with van der Waals surface area (Å²) >= 11 is 5.80. The average molecular weight is 363 g/mol. The van der Waals surface area contributed by atoms with Crippen molar-refractivity contribution in [1.29, 1.82) is 0 Å². The van der Waals surface area contributed by atoms with E-state index in [0.29, 0.717) is 27.6 Å². The van der Waals surface area contributed by atoms with Crippen LogP contribution in [0.3, 0.4) is 0 Å². The molecule has 2 rings (SSSR count). The molecule has 5 nitrogen and oxygen atoms in total. The zero-order valence-electron chi connectivity index (χ0n) is 14.2. The Balaban J connectivity index is 1.99. The van der Waals surface area contributed by atoms with Crippen molar-refractivity contribution in [3.63, 3.8) is 0 Å². The lowest BCUT2D eigenvalue weighted by molar-refractivity contribution is -0.145. The fourth-order valence-corrected chi connectivity index (χ4v) is 2.42. The van der Waals surface area contributed by atoms with Gasteiger partial charge in [-0.25, -0.2) is 0 Å². The van der Waals surface area contributed by atoms with E-state index in [1.165, 1.54) is 14.2 Å². The first-order valence-electron chi connectivity index (χ1n) is 7.64. The number of methoxy groups -OCH3 is 2. The Morgan fingerprint density at radius 1 is 1.00 bits per heavy atom. The molecule has 6 heteroatoms. The predicted octanol–water partition coefficient (Wildman–Crippen LogP) is 3.71. The normalized spacial score (nSPS) is 11.5. The molecule has 2 aromatic carbocycles. The summed E-state index contributed by atoms with van der Waals surface area (Å²) in [7, 11) is 3.06. The Labute approximate surface area is 151 Å². The molecular weight excluding hydrogens is 344 g/mol. The van der Waals surface area contributed by atoms with Crippen LogP contribution in [-0.4, -0.2) is 32.1 Å². The van der Waals surface area contributed by atoms with Crippen molar-refractivity contribution in [3.8, 4) is 11.5 Å². The maximum atomic E-state index is 12.3. The van der Waals surface area contributed by atoms with Crippen molar-refractivity contribution >= 4 is 23.4 Å². The summed E-state index contributed by atoms with van der Waals surface area (Å²) < 4.78 is 15.6. The number of hydrogen-bond donors (Lipinski definition) is 0. The number of rotatable bonds is 7. The number of Topliss-reactive ketones (excluding diaryl/α,β-unsaturated/α-hetero) is 1. The molecule has 132 valence electrons. The Hall–Kier alpha value is -2.53. The summed E-state index contributed by atoms with van der Waals surface area (Å²) in [5.41, 5.74) is 1.14. The van der Waals surface area contributed by atoms with Crippen LogP contribution in [0.25, 0.3) is 0 Å². The van der Waals surface area contributed by atoms with Crippen LogP contribution in [0.4, 0.5) is 0 Å². The third kappa shape index (κ3) is 4.97. The molecule has 0 spiro atoms. The number of carbonyl (C=O) groups is 2. The zero-order chi connectivity index (χ0) is 18.4. The molecule has 0 amide bonds. The summed E-state index contributed by atoms with van der Waals surface area (Å²) in [6.45, 7) is 1.55. The van der Waals surface area contributed by atoms with E-state index in [1.807, 2.05) is 0 Å². The Morgan fingerprint density at radius 3 is 2.24 bits per heavy atom. The van der Waals surface area contributed by atoms with Crippen LogP contribution in [0.1, 0.15) is 22.8 Å². The molecule has 1 atom stereocenters. The van der Waals surface area contributed by atoms with Crippen molar-refractivity contribution < 1.29 is 23.8 Å². The van der Waals surface area contributed by atoms with Crippen LogP contribution in [0, 0.1) is 0 Å². The molecule has 0 saturated heterocycles. The monoisotopic (exact) mass is 362 g/mol. The molecule has 0 aliphatic rings. The van der Waals surface area contributed by atoms with E-state index >= 15 is 0 Å². The van der Waals surface area contributed by atoms with Crippen LogP contribution in [0.5, 0.6) is 11.5 Å². The zero-order valence-corrected chi connectivity index (χ0v) is 15.0. The van der Waals surface area contributed by atoms with Gasteiger partial charge < -0.3 is 14.2 Å². The van der Waals surface area contributed by atoms with E-state index in [1.54, 1.807) is 49.4 Å². The molecular formula is C19H19ClO5. The van der Waals surface area contributed by atoms with E-state index in [2.05, 4.69) is 0 Å². The number of benzene rings is 2. The highest BCUT2D eigenvalue weighted by molar-refractivity contribution is 6.30. The Kier molecular flexibility index (Phi) is 6.42. The number of ether oxygens (including phenoxy) is 3. The lowest BCUT2D eigenvalue weighted by Crippen LogP contribution is -2.25. The fraction of sp³-hybridized carbons (Fsp3) is 0.263. The van der Waals surface area contributed by atoms with Crippen molar-refractivity contribution in [1.82, 2.24) is 0 Å². The summed E-state index contributed by atoms with van der Waals surface area (Å²) in [5, 5.41) is 0.537. The van der Waals surface area contributed by atoms with Gasteiger partial charge in [-0.05, 0) is 48.9 Å². The highest BCUT2D eigenvalue weighted by Gasteiger charge is 2.20. The summed E-state index contributed by atoms with van der Waals surface area (Å²) in [6, 6.07) is 11.6. The minimum Gasteiger partial charge on any atom is -0.493 e. The lowest BCUT2D eigenvalue weighted by atomic mass is 10.1. The number of carbonyl (C=O) groups excluding carboxylic acids is 2. The maximum Gasteiger partial charge on any atom is 0.310 e. The van der Waals surface area contributed by atoms with Gasteiger partial charge in [-0.15, -0.1) is 0 Å². The molecule has 0 fully saturated rings. The van der Waals surface area contributed by atoms with Crippen LogP contribution in [-0.2, 0) is 16.0 Å². The molecule has 0 unspecified atom stereocenters. The highest BCUT2D eigenvalue weighted by Crippen LogP contribution is 2.27. The van der Waals surface area contributed by atoms with E-state index in [0.717, 1.165) is 0 Å². The summed E-state index contributed by atoms with van der Waals surface area (Å²) in [5.74, 6) is 0.323. The highest BCUT2D eigenvalue weighted by atomic mass is 35.5. The molecule has 0 bridgehead atoms. The van der Waals surface area contributed by atoms with Crippen molar-refractivity contribution in [2.45, 2.75) is 19.4 Å². The van der Waals surface area contributed by atoms with Crippen LogP contribution in [0.15, 0.2) is 42.5 Å². The van der Waals surface area contributed by atoms with Gasteiger partial charge in [0.25, 0.3) is 0 Å². The van der Waals surface area contributed by atoms with Gasteiger partial charge in [0.1, 0.15) is 0 Å². The van der Waals surface area contributed by atoms with E-state index in [4.69, 9.17) is 25.8 Å². The van der Waals surface area contributed by atoms with E-state index < -0.39 is 12.1 Å². The second kappa shape index (κ2) is 8.53. The second-order valence-corrected chi connectivity index (χ2v) is 5.81. The predicted molar refractivity (Wildman–Crippen MR) is 94.6 cm³/mol. The molecule has 0 heterocycles. The van der Waals surface area contributed by atoms with Crippen LogP contribution in [0.2, 0.25) is 5.02 Å². The largest absolute Gasteiger partial charge is 0.493 e. The molecule has 2 aromatic rings. The Morgan fingerprint density at radius 2 is 1.64 bits per heavy atom. The van der Waals surface area contributed by atoms with Crippen LogP contribution < -0.4 is 9.47 Å². The van der Waals surface area contributed by atoms with Crippen molar-refractivity contribution in [2.24, 2.45) is 0 Å². The molecule has 0 N–H and O–H groups in total. The SMILES string of the molecule is COc1ccc(CC(=O)O[C@@H](C)C(=O)c2ccc(Cl)cc2)cc1OC. The average Bonchev–Trinajstić information content (AvgIpc) is 2.61. The molecule has 25 heavy (non-hydrogen) atoms. The standard InChI is InChI=1S/C19H19ClO5/c1-12(19(22)14-5-7-15(20)8-6-14)25-18(21)11-13-4-9-16(23-2)17(10-13)24-3/h4-10,12H,11H2,1-3H3/t12-/m0/s1. The van der Waals surface area contributed by atoms with Gasteiger partial charge in [0.05, 0.1) is 20.6 Å². The third-order valence-corrected chi connectivity index (χ3v) is 3.85. The molecule has 0 radical (unpaired) electrons. The first-order chi connectivity index (χ1) is 11.9. The van der Waals surface area contributed by atoms with Gasteiger partial charge in [0.2, 0.25) is 5.78 Å². The molecule has 0 aromatic heterocycles. The lowest BCUT2D eigenvalue weighted by Gasteiger charge is -2.13. The van der Waals surface area contributed by atoms with Gasteiger partial charge in [0.15, 0.2) is 17.6 Å². The van der Waals surface area contributed by atoms with Gasteiger partial charge in [-0.1, -0.05) is 17.7 Å².